The summed E-state index contributed by atoms with van der Waals surface area (Å²) in [6, 6.07) is 12.0. The molecule has 1 aromatic carbocycles. The normalized spacial score (nSPS) is 12.2. The number of fused-ring (bicyclic) bond motifs is 1. The minimum absolute atomic E-state index is 0.0169. The molecule has 1 amide bonds. The fraction of sp³-hybridized carbons (Fsp3) is 0.280. The van der Waals surface area contributed by atoms with Crippen LogP contribution >= 0.6 is 0 Å². The molecule has 3 heterocycles. The van der Waals surface area contributed by atoms with Crippen LogP contribution in [0.2, 0.25) is 0 Å². The van der Waals surface area contributed by atoms with Gasteiger partial charge in [0.05, 0.1) is 17.0 Å². The van der Waals surface area contributed by atoms with Gasteiger partial charge in [-0.25, -0.2) is 9.97 Å². The second kappa shape index (κ2) is 8.42. The minimum atomic E-state index is -0.252. The summed E-state index contributed by atoms with van der Waals surface area (Å²) in [6.07, 6.45) is 1.71. The van der Waals surface area contributed by atoms with Gasteiger partial charge in [0.25, 0.3) is 11.5 Å². The number of H-pyrrole nitrogens is 1. The van der Waals surface area contributed by atoms with Gasteiger partial charge < -0.3 is 14.9 Å². The molecule has 0 saturated carbocycles. The first-order valence-corrected chi connectivity index (χ1v) is 10.6. The minimum Gasteiger partial charge on any atom is -0.348 e. The molecule has 0 aliphatic rings. The molecule has 0 fully saturated rings. The van der Waals surface area contributed by atoms with Gasteiger partial charge in [-0.3, -0.25) is 9.59 Å². The Kier molecular flexibility index (Phi) is 5.65. The highest BCUT2D eigenvalue weighted by Crippen LogP contribution is 2.30. The van der Waals surface area contributed by atoms with Crippen LogP contribution in [0, 0.1) is 27.7 Å². The van der Waals surface area contributed by atoms with Crippen LogP contribution in [0.4, 0.5) is 0 Å². The Bertz CT molecular complexity index is 1370. The van der Waals surface area contributed by atoms with Crippen LogP contribution in [-0.2, 0) is 6.54 Å². The third-order valence-electron chi connectivity index (χ3n) is 5.93. The molecule has 1 atom stereocenters. The number of amides is 1. The lowest BCUT2D eigenvalue weighted by Crippen LogP contribution is -2.28. The number of aromatic nitrogens is 4. The Morgan fingerprint density at radius 3 is 2.56 bits per heavy atom. The average Bonchev–Trinajstić information content (AvgIpc) is 3.03. The largest absolute Gasteiger partial charge is 0.348 e. The lowest BCUT2D eigenvalue weighted by Gasteiger charge is -2.18. The number of hydrogen-bond donors (Lipinski definition) is 2. The average molecular weight is 430 g/mol. The Labute approximate surface area is 186 Å². The van der Waals surface area contributed by atoms with E-state index in [0.29, 0.717) is 22.3 Å². The summed E-state index contributed by atoms with van der Waals surface area (Å²) in [7, 11) is 0. The van der Waals surface area contributed by atoms with Gasteiger partial charge in [0, 0.05) is 29.7 Å². The molecule has 7 nitrogen and oxygen atoms in total. The maximum atomic E-state index is 13.3. The van der Waals surface area contributed by atoms with Crippen molar-refractivity contribution < 1.29 is 4.79 Å². The SMILES string of the molecule is Cc1ncc2c(C(=O)NCc3c(C)cc(C)[nH]c3=O)c(C)n(C(C)c3ccccc3)c2n1. The molecule has 32 heavy (non-hydrogen) atoms. The number of carbonyl (C=O) groups is 1. The summed E-state index contributed by atoms with van der Waals surface area (Å²) in [5.41, 5.74) is 5.20. The molecule has 1 unspecified atom stereocenters. The molecule has 4 aromatic rings. The van der Waals surface area contributed by atoms with E-state index in [2.05, 4.69) is 43.9 Å². The molecule has 2 N–H and O–H groups in total. The zero-order valence-electron chi connectivity index (χ0n) is 19.0. The van der Waals surface area contributed by atoms with E-state index in [1.54, 1.807) is 6.20 Å². The van der Waals surface area contributed by atoms with Gasteiger partial charge in [0.1, 0.15) is 11.5 Å². The molecule has 3 aromatic heterocycles. The summed E-state index contributed by atoms with van der Waals surface area (Å²) >= 11 is 0. The first-order valence-electron chi connectivity index (χ1n) is 10.6. The van der Waals surface area contributed by atoms with Gasteiger partial charge in [0.2, 0.25) is 0 Å². The first-order chi connectivity index (χ1) is 15.3. The lowest BCUT2D eigenvalue weighted by molar-refractivity contribution is 0.0951. The fourth-order valence-corrected chi connectivity index (χ4v) is 4.29. The van der Waals surface area contributed by atoms with E-state index in [9.17, 15) is 9.59 Å². The van der Waals surface area contributed by atoms with Crippen molar-refractivity contribution in [3.63, 3.8) is 0 Å². The summed E-state index contributed by atoms with van der Waals surface area (Å²) in [5, 5.41) is 3.63. The molecule has 164 valence electrons. The van der Waals surface area contributed by atoms with Gasteiger partial charge in [0.15, 0.2) is 0 Å². The maximum Gasteiger partial charge on any atom is 0.254 e. The van der Waals surface area contributed by atoms with E-state index in [4.69, 9.17) is 0 Å². The molecule has 0 radical (unpaired) electrons. The van der Waals surface area contributed by atoms with E-state index in [-0.39, 0.29) is 24.1 Å². The fourth-order valence-electron chi connectivity index (χ4n) is 4.29. The highest BCUT2D eigenvalue weighted by atomic mass is 16.2. The van der Waals surface area contributed by atoms with E-state index >= 15 is 0 Å². The number of aromatic amines is 1. The van der Waals surface area contributed by atoms with Crippen LogP contribution in [-0.4, -0.2) is 25.4 Å². The number of carbonyl (C=O) groups excluding carboxylic acids is 1. The van der Waals surface area contributed by atoms with Gasteiger partial charge in [-0.15, -0.1) is 0 Å². The Morgan fingerprint density at radius 2 is 1.88 bits per heavy atom. The second-order valence-electron chi connectivity index (χ2n) is 8.20. The van der Waals surface area contributed by atoms with E-state index in [1.165, 1.54) is 0 Å². The van der Waals surface area contributed by atoms with Crippen LogP contribution in [0.5, 0.6) is 0 Å². The monoisotopic (exact) mass is 429 g/mol. The predicted octanol–water partition coefficient (Wildman–Crippen LogP) is 3.89. The van der Waals surface area contributed by atoms with Crippen molar-refractivity contribution in [1.29, 1.82) is 0 Å². The van der Waals surface area contributed by atoms with Crippen LogP contribution in [0.25, 0.3) is 11.0 Å². The lowest BCUT2D eigenvalue weighted by atomic mass is 10.1. The Morgan fingerprint density at radius 1 is 1.16 bits per heavy atom. The molecular weight excluding hydrogens is 402 g/mol. The van der Waals surface area contributed by atoms with Crippen molar-refractivity contribution in [3.8, 4) is 0 Å². The number of pyridine rings is 1. The van der Waals surface area contributed by atoms with Gasteiger partial charge in [-0.2, -0.15) is 0 Å². The van der Waals surface area contributed by atoms with Gasteiger partial charge >= 0.3 is 0 Å². The number of aryl methyl sites for hydroxylation is 3. The van der Waals surface area contributed by atoms with Crippen LogP contribution in [0.1, 0.15) is 57.2 Å². The highest BCUT2D eigenvalue weighted by Gasteiger charge is 2.24. The predicted molar refractivity (Wildman–Crippen MR) is 125 cm³/mol. The van der Waals surface area contributed by atoms with E-state index < -0.39 is 0 Å². The Balaban J connectivity index is 1.75. The second-order valence-corrected chi connectivity index (χ2v) is 8.20. The van der Waals surface area contributed by atoms with Gasteiger partial charge in [-0.1, -0.05) is 30.3 Å². The number of hydrogen-bond acceptors (Lipinski definition) is 4. The van der Waals surface area contributed by atoms with Crippen molar-refractivity contribution in [2.24, 2.45) is 0 Å². The van der Waals surface area contributed by atoms with E-state index in [1.807, 2.05) is 52.0 Å². The third kappa shape index (κ3) is 3.82. The first kappa shape index (κ1) is 21.5. The number of nitrogens with one attached hydrogen (secondary N) is 2. The van der Waals surface area contributed by atoms with Crippen molar-refractivity contribution >= 4 is 16.9 Å². The number of benzene rings is 1. The summed E-state index contributed by atoms with van der Waals surface area (Å²) in [5.74, 6) is 0.392. The van der Waals surface area contributed by atoms with Crippen LogP contribution < -0.4 is 10.9 Å². The van der Waals surface area contributed by atoms with Crippen LogP contribution in [0.3, 0.4) is 0 Å². The molecule has 0 aliphatic carbocycles. The smallest absolute Gasteiger partial charge is 0.254 e. The van der Waals surface area contributed by atoms with Crippen molar-refractivity contribution in [2.45, 2.75) is 47.2 Å². The molecular formula is C25H27N5O2. The summed E-state index contributed by atoms with van der Waals surface area (Å²) < 4.78 is 2.08. The van der Waals surface area contributed by atoms with Crippen molar-refractivity contribution in [3.05, 3.63) is 92.4 Å². The topological polar surface area (TPSA) is 92.7 Å². The number of nitrogens with zero attached hydrogens (tertiary/aromatic N) is 3. The number of rotatable bonds is 5. The summed E-state index contributed by atoms with van der Waals surface area (Å²) in [4.78, 5) is 37.4. The molecule has 7 heteroatoms. The molecule has 0 saturated heterocycles. The van der Waals surface area contributed by atoms with Crippen molar-refractivity contribution in [1.82, 2.24) is 24.8 Å². The Hall–Kier alpha value is -3.74. The van der Waals surface area contributed by atoms with E-state index in [0.717, 1.165) is 28.2 Å². The van der Waals surface area contributed by atoms with Crippen LogP contribution in [0.15, 0.2) is 47.4 Å². The maximum absolute atomic E-state index is 13.3. The zero-order valence-corrected chi connectivity index (χ0v) is 19.0. The van der Waals surface area contributed by atoms with Gasteiger partial charge in [-0.05, 0) is 51.8 Å². The zero-order chi connectivity index (χ0) is 23.0. The summed E-state index contributed by atoms with van der Waals surface area (Å²) in [6.45, 7) is 9.72. The standard InChI is InChI=1S/C25H27N5O2/c1-14-11-15(2)28-24(31)20(14)12-27-25(32)22-17(4)30(16(3)19-9-7-6-8-10-19)23-21(22)13-26-18(5)29-23/h6-11,13,16H,12H2,1-5H3,(H,27,32)(H,28,31). The molecule has 4 rings (SSSR count). The quantitative estimate of drug-likeness (QED) is 0.503. The molecule has 0 bridgehead atoms. The third-order valence-corrected chi connectivity index (χ3v) is 5.93. The molecule has 0 aliphatic heterocycles. The van der Waals surface area contributed by atoms with Crippen molar-refractivity contribution in [2.75, 3.05) is 0 Å². The highest BCUT2D eigenvalue weighted by molar-refractivity contribution is 6.07. The molecule has 0 spiro atoms.